The summed E-state index contributed by atoms with van der Waals surface area (Å²) in [5, 5.41) is 4.67. The highest BCUT2D eigenvalue weighted by Crippen LogP contribution is 2.30. The molecule has 2 heterocycles. The minimum absolute atomic E-state index is 0.186. The molecule has 0 bridgehead atoms. The molecule has 0 amide bonds. The zero-order valence-corrected chi connectivity index (χ0v) is 13.5. The largest absolute Gasteiger partial charge is 0.294 e. The van der Waals surface area contributed by atoms with E-state index in [1.54, 1.807) is 4.52 Å². The van der Waals surface area contributed by atoms with Crippen LogP contribution in [0.1, 0.15) is 47.1 Å². The number of Topliss-reactive ketones (excluding diaryl/α,β-unsaturated/α-hetero) is 1. The molecular weight excluding hydrogens is 286 g/mol. The van der Waals surface area contributed by atoms with E-state index in [-0.39, 0.29) is 5.78 Å². The van der Waals surface area contributed by atoms with Gasteiger partial charge in [-0.25, -0.2) is 9.50 Å². The van der Waals surface area contributed by atoms with Gasteiger partial charge in [0.15, 0.2) is 11.4 Å². The van der Waals surface area contributed by atoms with Crippen LogP contribution in [0.3, 0.4) is 0 Å². The lowest BCUT2D eigenvalue weighted by Crippen LogP contribution is -2.14. The van der Waals surface area contributed by atoms with Crippen molar-refractivity contribution in [3.8, 4) is 11.1 Å². The minimum Gasteiger partial charge on any atom is -0.294 e. The fourth-order valence-corrected chi connectivity index (χ4v) is 3.29. The Morgan fingerprint density at radius 2 is 1.96 bits per heavy atom. The lowest BCUT2D eigenvalue weighted by molar-refractivity contribution is 0.0971. The summed E-state index contributed by atoms with van der Waals surface area (Å²) in [6.45, 7) is 4.19. The molecule has 0 atom stereocenters. The third-order valence-electron chi connectivity index (χ3n) is 4.55. The molecule has 23 heavy (non-hydrogen) atoms. The standard InChI is InChI=1S/C19H19N3O/c1-3-15-18(13-9-7-12(2)8-10-13)19-20-16-5-4-6-17(23)14(16)11-22(19)21-15/h7-11H,3-6H2,1-2H3. The fourth-order valence-electron chi connectivity index (χ4n) is 3.29. The maximum atomic E-state index is 12.1. The molecule has 1 aliphatic carbocycles. The van der Waals surface area contributed by atoms with Crippen molar-refractivity contribution in [2.24, 2.45) is 0 Å². The Hall–Kier alpha value is -2.49. The molecule has 4 rings (SSSR count). The molecule has 0 fully saturated rings. The number of benzene rings is 1. The normalized spacial score (nSPS) is 14.3. The quantitative estimate of drug-likeness (QED) is 0.724. The molecule has 0 spiro atoms. The van der Waals surface area contributed by atoms with E-state index in [0.29, 0.717) is 6.42 Å². The van der Waals surface area contributed by atoms with Crippen LogP contribution in [-0.2, 0) is 12.8 Å². The number of aromatic nitrogens is 3. The molecule has 0 saturated carbocycles. The van der Waals surface area contributed by atoms with E-state index in [4.69, 9.17) is 4.98 Å². The van der Waals surface area contributed by atoms with Crippen LogP contribution >= 0.6 is 0 Å². The lowest BCUT2D eigenvalue weighted by Gasteiger charge is -2.13. The van der Waals surface area contributed by atoms with Crippen molar-refractivity contribution < 1.29 is 4.79 Å². The molecular formula is C19H19N3O. The Labute approximate surface area is 135 Å². The second-order valence-electron chi connectivity index (χ2n) is 6.19. The van der Waals surface area contributed by atoms with Crippen molar-refractivity contribution in [2.45, 2.75) is 39.5 Å². The molecule has 0 N–H and O–H groups in total. The molecule has 116 valence electrons. The highest BCUT2D eigenvalue weighted by atomic mass is 16.1. The van der Waals surface area contributed by atoms with Gasteiger partial charge < -0.3 is 0 Å². The summed E-state index contributed by atoms with van der Waals surface area (Å²) in [5.74, 6) is 0.186. The van der Waals surface area contributed by atoms with Crippen molar-refractivity contribution in [3.05, 3.63) is 53.0 Å². The van der Waals surface area contributed by atoms with Gasteiger partial charge in [0.2, 0.25) is 0 Å². The molecule has 1 aliphatic rings. The van der Waals surface area contributed by atoms with Gasteiger partial charge in [-0.1, -0.05) is 36.8 Å². The van der Waals surface area contributed by atoms with E-state index in [1.807, 2.05) is 6.20 Å². The van der Waals surface area contributed by atoms with Crippen LogP contribution in [0.15, 0.2) is 30.5 Å². The van der Waals surface area contributed by atoms with E-state index in [0.717, 1.165) is 53.0 Å². The molecule has 1 aromatic carbocycles. The van der Waals surface area contributed by atoms with Crippen molar-refractivity contribution in [1.29, 1.82) is 0 Å². The summed E-state index contributed by atoms with van der Waals surface area (Å²) in [7, 11) is 0. The van der Waals surface area contributed by atoms with E-state index in [1.165, 1.54) is 5.56 Å². The first-order valence-corrected chi connectivity index (χ1v) is 8.18. The Morgan fingerprint density at radius 3 is 2.70 bits per heavy atom. The maximum absolute atomic E-state index is 12.1. The van der Waals surface area contributed by atoms with Crippen molar-refractivity contribution in [1.82, 2.24) is 14.6 Å². The topological polar surface area (TPSA) is 47.3 Å². The van der Waals surface area contributed by atoms with Gasteiger partial charge in [-0.3, -0.25) is 4.79 Å². The van der Waals surface area contributed by atoms with E-state index >= 15 is 0 Å². The molecule has 4 nitrogen and oxygen atoms in total. The van der Waals surface area contributed by atoms with Gasteiger partial charge in [0.25, 0.3) is 0 Å². The summed E-state index contributed by atoms with van der Waals surface area (Å²) in [4.78, 5) is 16.9. The predicted molar refractivity (Wildman–Crippen MR) is 89.8 cm³/mol. The van der Waals surface area contributed by atoms with Crippen LogP contribution in [0.2, 0.25) is 0 Å². The molecule has 2 aromatic heterocycles. The first kappa shape index (κ1) is 14.1. The van der Waals surface area contributed by atoms with Gasteiger partial charge >= 0.3 is 0 Å². The smallest absolute Gasteiger partial charge is 0.166 e. The number of hydrogen-bond donors (Lipinski definition) is 0. The Bertz CT molecular complexity index is 907. The number of hydrogen-bond acceptors (Lipinski definition) is 3. The maximum Gasteiger partial charge on any atom is 0.166 e. The number of nitrogens with zero attached hydrogens (tertiary/aromatic N) is 3. The van der Waals surface area contributed by atoms with E-state index in [9.17, 15) is 4.79 Å². The monoisotopic (exact) mass is 305 g/mol. The van der Waals surface area contributed by atoms with Crippen LogP contribution in [0.4, 0.5) is 0 Å². The highest BCUT2D eigenvalue weighted by Gasteiger charge is 2.22. The van der Waals surface area contributed by atoms with Gasteiger partial charge in [0, 0.05) is 18.2 Å². The number of fused-ring (bicyclic) bond motifs is 2. The van der Waals surface area contributed by atoms with Gasteiger partial charge in [0.1, 0.15) is 0 Å². The average molecular weight is 305 g/mol. The number of rotatable bonds is 2. The number of aryl methyl sites for hydroxylation is 3. The van der Waals surface area contributed by atoms with Crippen molar-refractivity contribution >= 4 is 11.4 Å². The Morgan fingerprint density at radius 1 is 1.17 bits per heavy atom. The third kappa shape index (κ3) is 2.25. The molecule has 4 heteroatoms. The molecule has 3 aromatic rings. The van der Waals surface area contributed by atoms with Crippen LogP contribution in [0.5, 0.6) is 0 Å². The summed E-state index contributed by atoms with van der Waals surface area (Å²) in [6.07, 6.45) is 5.09. The van der Waals surface area contributed by atoms with Gasteiger partial charge in [-0.15, -0.1) is 0 Å². The van der Waals surface area contributed by atoms with E-state index in [2.05, 4.69) is 43.2 Å². The zero-order chi connectivity index (χ0) is 16.0. The van der Waals surface area contributed by atoms with E-state index < -0.39 is 0 Å². The predicted octanol–water partition coefficient (Wildman–Crippen LogP) is 3.79. The Kier molecular flexibility index (Phi) is 3.26. The number of ketones is 1. The Balaban J connectivity index is 1.99. The summed E-state index contributed by atoms with van der Waals surface area (Å²) >= 11 is 0. The first-order chi connectivity index (χ1) is 11.2. The van der Waals surface area contributed by atoms with Gasteiger partial charge in [-0.2, -0.15) is 5.10 Å². The summed E-state index contributed by atoms with van der Waals surface area (Å²) in [6, 6.07) is 8.47. The van der Waals surface area contributed by atoms with Crippen LogP contribution in [-0.4, -0.2) is 20.4 Å². The highest BCUT2D eigenvalue weighted by molar-refractivity contribution is 5.98. The second kappa shape index (κ2) is 5.30. The fraction of sp³-hybridized carbons (Fsp3) is 0.316. The zero-order valence-electron chi connectivity index (χ0n) is 13.5. The van der Waals surface area contributed by atoms with Crippen LogP contribution in [0, 0.1) is 6.92 Å². The third-order valence-corrected chi connectivity index (χ3v) is 4.55. The second-order valence-corrected chi connectivity index (χ2v) is 6.19. The molecule has 0 unspecified atom stereocenters. The summed E-state index contributed by atoms with van der Waals surface area (Å²) in [5.41, 5.74) is 7.01. The average Bonchev–Trinajstić information content (AvgIpc) is 2.92. The molecule has 0 saturated heterocycles. The lowest BCUT2D eigenvalue weighted by atomic mass is 9.96. The van der Waals surface area contributed by atoms with Crippen molar-refractivity contribution in [2.75, 3.05) is 0 Å². The molecule has 0 radical (unpaired) electrons. The number of carbonyl (C=O) groups is 1. The van der Waals surface area contributed by atoms with Gasteiger partial charge in [-0.05, 0) is 31.7 Å². The first-order valence-electron chi connectivity index (χ1n) is 8.18. The minimum atomic E-state index is 0.186. The van der Waals surface area contributed by atoms with Crippen molar-refractivity contribution in [3.63, 3.8) is 0 Å². The SMILES string of the molecule is CCc1nn2cc3c(nc2c1-c1ccc(C)cc1)CCCC3=O. The van der Waals surface area contributed by atoms with Crippen LogP contribution in [0.25, 0.3) is 16.8 Å². The van der Waals surface area contributed by atoms with Crippen LogP contribution < -0.4 is 0 Å². The molecule has 0 aliphatic heterocycles. The summed E-state index contributed by atoms with van der Waals surface area (Å²) < 4.78 is 1.79. The van der Waals surface area contributed by atoms with Gasteiger partial charge in [0.05, 0.1) is 17.0 Å². The number of carbonyl (C=O) groups excluding carboxylic acids is 1.